The lowest BCUT2D eigenvalue weighted by Gasteiger charge is -2.25. The van der Waals surface area contributed by atoms with Gasteiger partial charge in [-0.25, -0.2) is 9.78 Å². The number of hydrogen-bond acceptors (Lipinski definition) is 16. The standard InChI is InChI=1S/C38H68N4O15S/c1-32(2)3-5-47-7-9-49-11-13-51-15-17-53-19-21-55-23-25-57-26-24-56-22-20-54-18-16-52-14-12-50-10-8-48-6-4-42-29-33(40-31-42)28-39-36(43)27-35-37(44)41-34(30-58-35)38(45)46/h29,31-32,34-35H,3-28,30H2,1-2H3,(H,39,43)(H,41,44)(H,45,46). The average Bonchev–Trinajstić information content (AvgIpc) is 3.66. The first-order valence-corrected chi connectivity index (χ1v) is 21.2. The summed E-state index contributed by atoms with van der Waals surface area (Å²) in [4.78, 5) is 39.6. The van der Waals surface area contributed by atoms with Crippen LogP contribution in [0.15, 0.2) is 12.5 Å². The number of aromatic nitrogens is 2. The predicted octanol–water partition coefficient (Wildman–Crippen LogP) is 0.803. The smallest absolute Gasteiger partial charge is 0.327 e. The second-order valence-electron chi connectivity index (χ2n) is 13.2. The van der Waals surface area contributed by atoms with Crippen LogP contribution in [-0.2, 0) is 79.6 Å². The Kier molecular flexibility index (Phi) is 32.4. The van der Waals surface area contributed by atoms with Crippen LogP contribution in [0.3, 0.4) is 0 Å². The molecule has 19 nitrogen and oxygen atoms in total. The molecule has 0 bridgehead atoms. The molecule has 0 spiro atoms. The molecule has 0 aliphatic carbocycles. The SMILES string of the molecule is CC(C)CCOCCOCCOCCOCCOCCOCCOCCOCCOCCOCCOCCn1cnc(CNC(=O)CC2SCC(C(=O)O)NC2=O)c1. The van der Waals surface area contributed by atoms with Gasteiger partial charge in [0.2, 0.25) is 11.8 Å². The van der Waals surface area contributed by atoms with Gasteiger partial charge in [0.25, 0.3) is 0 Å². The molecule has 3 N–H and O–H groups in total. The van der Waals surface area contributed by atoms with Gasteiger partial charge >= 0.3 is 5.97 Å². The molecule has 0 saturated carbocycles. The van der Waals surface area contributed by atoms with E-state index in [2.05, 4.69) is 29.5 Å². The number of thioether (sulfide) groups is 1. The summed E-state index contributed by atoms with van der Waals surface area (Å²) in [7, 11) is 0. The maximum Gasteiger partial charge on any atom is 0.327 e. The number of rotatable bonds is 41. The fraction of sp³-hybridized carbons (Fsp3) is 0.842. The van der Waals surface area contributed by atoms with E-state index in [-0.39, 0.29) is 24.6 Å². The average molecular weight is 853 g/mol. The van der Waals surface area contributed by atoms with Crippen LogP contribution >= 0.6 is 11.8 Å². The summed E-state index contributed by atoms with van der Waals surface area (Å²) >= 11 is 1.17. The van der Waals surface area contributed by atoms with Crippen molar-refractivity contribution in [1.29, 1.82) is 0 Å². The van der Waals surface area contributed by atoms with Crippen LogP contribution in [0.25, 0.3) is 0 Å². The van der Waals surface area contributed by atoms with Gasteiger partial charge in [0.15, 0.2) is 0 Å². The third-order valence-electron chi connectivity index (χ3n) is 7.95. The van der Waals surface area contributed by atoms with Crippen LogP contribution in [-0.4, -0.2) is 195 Å². The van der Waals surface area contributed by atoms with Crippen molar-refractivity contribution in [3.8, 4) is 0 Å². The first-order chi connectivity index (χ1) is 28.3. The lowest BCUT2D eigenvalue weighted by atomic mass is 10.1. The monoisotopic (exact) mass is 852 g/mol. The van der Waals surface area contributed by atoms with Crippen LogP contribution in [0.1, 0.15) is 32.4 Å². The van der Waals surface area contributed by atoms with E-state index in [9.17, 15) is 14.4 Å². The lowest BCUT2D eigenvalue weighted by Crippen LogP contribution is -2.51. The Balaban J connectivity index is 1.21. The van der Waals surface area contributed by atoms with E-state index in [1.165, 1.54) is 11.8 Å². The molecule has 1 saturated heterocycles. The first-order valence-electron chi connectivity index (χ1n) is 20.1. The Hall–Kier alpha value is -2.47. The van der Waals surface area contributed by atoms with Crippen molar-refractivity contribution in [2.75, 3.05) is 151 Å². The van der Waals surface area contributed by atoms with Crippen LogP contribution in [0.5, 0.6) is 0 Å². The molecular formula is C38H68N4O15S. The Labute approximate surface area is 347 Å². The van der Waals surface area contributed by atoms with E-state index in [4.69, 9.17) is 57.2 Å². The highest BCUT2D eigenvalue weighted by Crippen LogP contribution is 2.21. The zero-order valence-corrected chi connectivity index (χ0v) is 35.3. The van der Waals surface area contributed by atoms with Crippen molar-refractivity contribution in [2.24, 2.45) is 5.92 Å². The van der Waals surface area contributed by atoms with Crippen molar-refractivity contribution in [3.05, 3.63) is 18.2 Å². The molecule has 2 heterocycles. The van der Waals surface area contributed by atoms with Gasteiger partial charge in [-0.15, -0.1) is 11.8 Å². The second-order valence-corrected chi connectivity index (χ2v) is 14.5. The topological polar surface area (TPSA) is 215 Å². The van der Waals surface area contributed by atoms with E-state index >= 15 is 0 Å². The third-order valence-corrected chi connectivity index (χ3v) is 9.26. The quantitative estimate of drug-likeness (QED) is 0.0777. The predicted molar refractivity (Wildman–Crippen MR) is 213 cm³/mol. The minimum Gasteiger partial charge on any atom is -0.480 e. The molecule has 2 rings (SSSR count). The van der Waals surface area contributed by atoms with E-state index in [1.54, 1.807) is 6.33 Å². The second kappa shape index (κ2) is 36.4. The summed E-state index contributed by atoms with van der Waals surface area (Å²) in [6, 6.07) is -0.925. The molecular weight excluding hydrogens is 784 g/mol. The van der Waals surface area contributed by atoms with E-state index in [0.29, 0.717) is 157 Å². The van der Waals surface area contributed by atoms with Gasteiger partial charge in [-0.2, -0.15) is 0 Å². The number of aliphatic carboxylic acids is 1. The number of amides is 2. The molecule has 0 aromatic carbocycles. The Morgan fingerprint density at radius 3 is 1.48 bits per heavy atom. The number of carboxylic acids is 1. The van der Waals surface area contributed by atoms with Crippen molar-refractivity contribution in [3.63, 3.8) is 0 Å². The fourth-order valence-corrected chi connectivity index (χ4v) is 5.86. The van der Waals surface area contributed by atoms with Gasteiger partial charge in [-0.05, 0) is 12.3 Å². The largest absolute Gasteiger partial charge is 0.480 e. The molecule has 1 aliphatic heterocycles. The van der Waals surface area contributed by atoms with Crippen molar-refractivity contribution in [1.82, 2.24) is 20.2 Å². The minimum absolute atomic E-state index is 0.0307. The van der Waals surface area contributed by atoms with Gasteiger partial charge in [-0.3, -0.25) is 9.59 Å². The Morgan fingerprint density at radius 2 is 1.10 bits per heavy atom. The number of carboxylic acid groups (broad SMARTS) is 1. The summed E-state index contributed by atoms with van der Waals surface area (Å²) in [6.45, 7) is 16.4. The molecule has 1 fully saturated rings. The minimum atomic E-state index is -1.08. The fourth-order valence-electron chi connectivity index (χ4n) is 4.72. The summed E-state index contributed by atoms with van der Waals surface area (Å²) in [5.41, 5.74) is 0.672. The molecule has 1 aliphatic rings. The molecule has 336 valence electrons. The molecule has 1 aromatic heterocycles. The Morgan fingerprint density at radius 1 is 0.707 bits per heavy atom. The van der Waals surface area contributed by atoms with Crippen molar-refractivity contribution < 1.29 is 71.6 Å². The number of carbonyl (C=O) groups is 3. The lowest BCUT2D eigenvalue weighted by molar-refractivity contribution is -0.141. The highest BCUT2D eigenvalue weighted by atomic mass is 32.2. The van der Waals surface area contributed by atoms with Crippen molar-refractivity contribution >= 4 is 29.5 Å². The normalized spacial score (nSPS) is 15.6. The molecule has 58 heavy (non-hydrogen) atoms. The maximum absolute atomic E-state index is 12.3. The maximum atomic E-state index is 12.3. The third kappa shape index (κ3) is 29.7. The van der Waals surface area contributed by atoms with Gasteiger partial charge in [-0.1, -0.05) is 13.8 Å². The highest BCUT2D eigenvalue weighted by molar-refractivity contribution is 8.00. The van der Waals surface area contributed by atoms with E-state index < -0.39 is 23.2 Å². The van der Waals surface area contributed by atoms with Gasteiger partial charge in [0.1, 0.15) is 6.04 Å². The molecule has 2 amide bonds. The van der Waals surface area contributed by atoms with Crippen molar-refractivity contribution in [2.45, 2.75) is 51.1 Å². The molecule has 2 atom stereocenters. The number of nitrogens with zero attached hydrogens (tertiary/aromatic N) is 2. The first kappa shape index (κ1) is 51.7. The highest BCUT2D eigenvalue weighted by Gasteiger charge is 2.33. The van der Waals surface area contributed by atoms with Gasteiger partial charge in [0.05, 0.1) is 163 Å². The van der Waals surface area contributed by atoms with Gasteiger partial charge in [0, 0.05) is 31.5 Å². The number of nitrogens with one attached hydrogen (secondary N) is 2. The summed E-state index contributed by atoms with van der Waals surface area (Å²) in [5.74, 6) is -0.949. The van der Waals surface area contributed by atoms with Crippen LogP contribution in [0.2, 0.25) is 0 Å². The molecule has 0 radical (unpaired) electrons. The van der Waals surface area contributed by atoms with Crippen LogP contribution in [0.4, 0.5) is 0 Å². The van der Waals surface area contributed by atoms with Crippen LogP contribution in [0, 0.1) is 5.92 Å². The molecule has 2 unspecified atom stereocenters. The summed E-state index contributed by atoms with van der Waals surface area (Å²) < 4.78 is 62.4. The van der Waals surface area contributed by atoms with Gasteiger partial charge < -0.3 is 72.4 Å². The summed E-state index contributed by atoms with van der Waals surface area (Å²) in [6.07, 6.45) is 4.51. The van der Waals surface area contributed by atoms with E-state index in [0.717, 1.165) is 13.0 Å². The van der Waals surface area contributed by atoms with Crippen LogP contribution < -0.4 is 10.6 Å². The molecule has 20 heteroatoms. The number of carbonyl (C=O) groups excluding carboxylic acids is 2. The summed E-state index contributed by atoms with van der Waals surface area (Å²) in [5, 5.41) is 13.6. The zero-order chi connectivity index (χ0) is 41.7. The Bertz CT molecular complexity index is 1170. The molecule has 1 aromatic rings. The number of hydrogen-bond donors (Lipinski definition) is 3. The number of ether oxygens (including phenoxy) is 11. The van der Waals surface area contributed by atoms with E-state index in [1.807, 2.05) is 10.8 Å². The zero-order valence-electron chi connectivity index (χ0n) is 34.4. The number of imidazole rings is 1.